The molecule has 1 rings (SSSR count). The lowest BCUT2D eigenvalue weighted by molar-refractivity contribution is -0.118. The molecule has 0 saturated heterocycles. The van der Waals surface area contributed by atoms with Crippen molar-refractivity contribution in [1.29, 1.82) is 0 Å². The highest BCUT2D eigenvalue weighted by Gasteiger charge is 2.01. The second-order valence-corrected chi connectivity index (χ2v) is 3.18. The number of pyridine rings is 1. The number of rotatable bonds is 5. The van der Waals surface area contributed by atoms with Crippen LogP contribution in [0.4, 0.5) is 5.82 Å². The average Bonchev–Trinajstić information content (AvgIpc) is 2.18. The van der Waals surface area contributed by atoms with E-state index in [1.165, 1.54) is 0 Å². The number of nitrogens with zero attached hydrogens (tertiary/aromatic N) is 2. The summed E-state index contributed by atoms with van der Waals surface area (Å²) in [5, 5.41) is 0. The molecule has 4 heteroatoms. The first-order valence-electron chi connectivity index (χ1n) is 4.60. The summed E-state index contributed by atoms with van der Waals surface area (Å²) in [5.41, 5.74) is 5.04. The number of hydrogen-bond donors (Lipinski definition) is 1. The topological polar surface area (TPSA) is 59.2 Å². The Morgan fingerprint density at radius 1 is 1.57 bits per heavy atom. The molecule has 2 N–H and O–H groups in total. The first-order valence-corrected chi connectivity index (χ1v) is 4.60. The largest absolute Gasteiger partial charge is 0.370 e. The predicted molar refractivity (Wildman–Crippen MR) is 55.9 cm³/mol. The molecule has 0 aromatic carbocycles. The summed E-state index contributed by atoms with van der Waals surface area (Å²) >= 11 is 0. The van der Waals surface area contributed by atoms with E-state index >= 15 is 0 Å². The van der Waals surface area contributed by atoms with Gasteiger partial charge >= 0.3 is 0 Å². The van der Waals surface area contributed by atoms with Crippen molar-refractivity contribution in [2.24, 2.45) is 5.73 Å². The molecule has 0 bridgehead atoms. The summed E-state index contributed by atoms with van der Waals surface area (Å²) in [6.07, 6.45) is 2.94. The van der Waals surface area contributed by atoms with E-state index in [4.69, 9.17) is 5.73 Å². The summed E-state index contributed by atoms with van der Waals surface area (Å²) in [6.45, 7) is 0.792. The molecule has 0 spiro atoms. The maximum Gasteiger partial charge on any atom is 0.217 e. The van der Waals surface area contributed by atoms with E-state index in [2.05, 4.69) is 4.98 Å². The van der Waals surface area contributed by atoms with Crippen LogP contribution in [0, 0.1) is 0 Å². The lowest BCUT2D eigenvalue weighted by atomic mass is 10.3. The van der Waals surface area contributed by atoms with E-state index in [-0.39, 0.29) is 5.91 Å². The van der Waals surface area contributed by atoms with Gasteiger partial charge in [0.1, 0.15) is 5.82 Å². The van der Waals surface area contributed by atoms with Crippen molar-refractivity contribution in [2.75, 3.05) is 18.5 Å². The molecule has 4 nitrogen and oxygen atoms in total. The fourth-order valence-corrected chi connectivity index (χ4v) is 1.18. The molecule has 0 aliphatic heterocycles. The molecule has 1 amide bonds. The molecule has 0 unspecified atom stereocenters. The standard InChI is InChI=1S/C10H15N3O/c1-13(8-4-5-9(11)14)10-6-2-3-7-12-10/h2-3,6-7H,4-5,8H2,1H3,(H2,11,14). The highest BCUT2D eigenvalue weighted by Crippen LogP contribution is 2.07. The van der Waals surface area contributed by atoms with Gasteiger partial charge in [0.2, 0.25) is 5.91 Å². The summed E-state index contributed by atoms with van der Waals surface area (Å²) in [7, 11) is 1.95. The first kappa shape index (κ1) is 10.5. The molecule has 0 fully saturated rings. The van der Waals surface area contributed by atoms with Crippen LogP contribution in [0.5, 0.6) is 0 Å². The number of carbonyl (C=O) groups is 1. The molecule has 76 valence electrons. The van der Waals surface area contributed by atoms with Gasteiger partial charge in [-0.1, -0.05) is 6.07 Å². The van der Waals surface area contributed by atoms with Crippen molar-refractivity contribution in [1.82, 2.24) is 4.98 Å². The highest BCUT2D eigenvalue weighted by atomic mass is 16.1. The average molecular weight is 193 g/mol. The molecule has 14 heavy (non-hydrogen) atoms. The van der Waals surface area contributed by atoms with Crippen molar-refractivity contribution >= 4 is 11.7 Å². The SMILES string of the molecule is CN(CCCC(N)=O)c1ccccn1. The Labute approximate surface area is 83.7 Å². The minimum atomic E-state index is -0.251. The van der Waals surface area contributed by atoms with Gasteiger partial charge in [0.25, 0.3) is 0 Å². The third kappa shape index (κ3) is 3.43. The first-order chi connectivity index (χ1) is 6.70. The Morgan fingerprint density at radius 2 is 2.36 bits per heavy atom. The number of anilines is 1. The van der Waals surface area contributed by atoms with Gasteiger partial charge in [0, 0.05) is 26.2 Å². The zero-order valence-electron chi connectivity index (χ0n) is 8.31. The van der Waals surface area contributed by atoms with Crippen LogP contribution in [0.1, 0.15) is 12.8 Å². The van der Waals surface area contributed by atoms with Gasteiger partial charge in [0.05, 0.1) is 0 Å². The summed E-state index contributed by atoms with van der Waals surface area (Å²) in [5.74, 6) is 0.663. The van der Waals surface area contributed by atoms with Crippen LogP contribution >= 0.6 is 0 Å². The zero-order valence-corrected chi connectivity index (χ0v) is 8.31. The number of nitrogens with two attached hydrogens (primary N) is 1. The minimum absolute atomic E-state index is 0.251. The third-order valence-corrected chi connectivity index (χ3v) is 1.96. The molecule has 0 atom stereocenters. The Hall–Kier alpha value is -1.58. The highest BCUT2D eigenvalue weighted by molar-refractivity contribution is 5.73. The lowest BCUT2D eigenvalue weighted by Gasteiger charge is -2.16. The smallest absolute Gasteiger partial charge is 0.217 e. The fraction of sp³-hybridized carbons (Fsp3) is 0.400. The second-order valence-electron chi connectivity index (χ2n) is 3.18. The van der Waals surface area contributed by atoms with E-state index < -0.39 is 0 Å². The third-order valence-electron chi connectivity index (χ3n) is 1.96. The van der Waals surface area contributed by atoms with E-state index in [0.717, 1.165) is 18.8 Å². The zero-order chi connectivity index (χ0) is 10.4. The molecule has 1 aromatic rings. The van der Waals surface area contributed by atoms with E-state index in [1.54, 1.807) is 6.20 Å². The Balaban J connectivity index is 2.36. The quantitative estimate of drug-likeness (QED) is 0.751. The van der Waals surface area contributed by atoms with Gasteiger partial charge < -0.3 is 10.6 Å². The van der Waals surface area contributed by atoms with E-state index in [9.17, 15) is 4.79 Å². The lowest BCUT2D eigenvalue weighted by Crippen LogP contribution is -2.21. The maximum atomic E-state index is 10.5. The van der Waals surface area contributed by atoms with Crippen molar-refractivity contribution in [3.63, 3.8) is 0 Å². The molecule has 1 heterocycles. The second kappa shape index (κ2) is 5.21. The molecule has 0 saturated carbocycles. The predicted octanol–water partition coefficient (Wildman–Crippen LogP) is 0.783. The number of hydrogen-bond acceptors (Lipinski definition) is 3. The van der Waals surface area contributed by atoms with Gasteiger partial charge in [-0.15, -0.1) is 0 Å². The molecule has 0 aliphatic rings. The number of carbonyl (C=O) groups excluding carboxylic acids is 1. The summed E-state index contributed by atoms with van der Waals surface area (Å²) < 4.78 is 0. The number of primary amides is 1. The van der Waals surface area contributed by atoms with Crippen molar-refractivity contribution in [3.8, 4) is 0 Å². The van der Waals surface area contributed by atoms with Crippen molar-refractivity contribution < 1.29 is 4.79 Å². The maximum absolute atomic E-state index is 10.5. The van der Waals surface area contributed by atoms with Crippen LogP contribution in [-0.4, -0.2) is 24.5 Å². The summed E-state index contributed by atoms with van der Waals surface area (Å²) in [6, 6.07) is 5.75. The molecule has 0 aliphatic carbocycles. The van der Waals surface area contributed by atoms with Crippen LogP contribution in [-0.2, 0) is 4.79 Å². The van der Waals surface area contributed by atoms with Crippen molar-refractivity contribution in [3.05, 3.63) is 24.4 Å². The monoisotopic (exact) mass is 193 g/mol. The normalized spacial score (nSPS) is 9.79. The Kier molecular flexibility index (Phi) is 3.91. The molecule has 0 radical (unpaired) electrons. The van der Waals surface area contributed by atoms with Gasteiger partial charge in [-0.25, -0.2) is 4.98 Å². The minimum Gasteiger partial charge on any atom is -0.370 e. The van der Waals surface area contributed by atoms with Crippen LogP contribution in [0.3, 0.4) is 0 Å². The number of amides is 1. The van der Waals surface area contributed by atoms with Gasteiger partial charge in [-0.3, -0.25) is 4.79 Å². The van der Waals surface area contributed by atoms with Gasteiger partial charge in [0.15, 0.2) is 0 Å². The van der Waals surface area contributed by atoms with Gasteiger partial charge in [-0.05, 0) is 18.6 Å². The Bertz CT molecular complexity index is 287. The van der Waals surface area contributed by atoms with Crippen molar-refractivity contribution in [2.45, 2.75) is 12.8 Å². The Morgan fingerprint density at radius 3 is 2.93 bits per heavy atom. The van der Waals surface area contributed by atoms with Crippen LogP contribution in [0.15, 0.2) is 24.4 Å². The van der Waals surface area contributed by atoms with Crippen LogP contribution < -0.4 is 10.6 Å². The van der Waals surface area contributed by atoms with Crippen LogP contribution in [0.25, 0.3) is 0 Å². The molecular formula is C10H15N3O. The summed E-state index contributed by atoms with van der Waals surface area (Å²) in [4.78, 5) is 16.7. The van der Waals surface area contributed by atoms with E-state index in [1.807, 2.05) is 30.1 Å². The van der Waals surface area contributed by atoms with Crippen LogP contribution in [0.2, 0.25) is 0 Å². The van der Waals surface area contributed by atoms with E-state index in [0.29, 0.717) is 6.42 Å². The molecule has 1 aromatic heterocycles. The fourth-order valence-electron chi connectivity index (χ4n) is 1.18. The number of aromatic nitrogens is 1. The molecular weight excluding hydrogens is 178 g/mol. The van der Waals surface area contributed by atoms with Gasteiger partial charge in [-0.2, -0.15) is 0 Å².